The fraction of sp³-hybridized carbons (Fsp3) is 0.455. The largest absolute Gasteiger partial charge is 0.371 e. The number of benzene rings is 1. The Morgan fingerprint density at radius 3 is 3.07 bits per heavy atom. The van der Waals surface area contributed by atoms with Gasteiger partial charge in [0.25, 0.3) is 0 Å². The SMILES string of the molecule is C[C@H]1CO[C@@H](CN)c2c(F)cccc21. The lowest BCUT2D eigenvalue weighted by atomic mass is 9.90. The Balaban J connectivity index is 2.51. The number of rotatable bonds is 1. The lowest BCUT2D eigenvalue weighted by Gasteiger charge is -2.29. The molecule has 1 aliphatic heterocycles. The number of ether oxygens (including phenoxy) is 1. The van der Waals surface area contributed by atoms with Crippen molar-refractivity contribution in [2.24, 2.45) is 5.73 Å². The minimum Gasteiger partial charge on any atom is -0.371 e. The molecule has 0 spiro atoms. The van der Waals surface area contributed by atoms with Gasteiger partial charge in [-0.1, -0.05) is 19.1 Å². The minimum absolute atomic E-state index is 0.204. The maximum absolute atomic E-state index is 13.5. The van der Waals surface area contributed by atoms with Crippen molar-refractivity contribution in [2.75, 3.05) is 13.2 Å². The summed E-state index contributed by atoms with van der Waals surface area (Å²) >= 11 is 0. The highest BCUT2D eigenvalue weighted by molar-refractivity contribution is 5.35. The van der Waals surface area contributed by atoms with Gasteiger partial charge in [-0.2, -0.15) is 0 Å². The van der Waals surface area contributed by atoms with Crippen molar-refractivity contribution in [3.8, 4) is 0 Å². The molecule has 1 aromatic carbocycles. The number of halogens is 1. The summed E-state index contributed by atoms with van der Waals surface area (Å²) in [5.41, 5.74) is 7.22. The first-order valence-corrected chi connectivity index (χ1v) is 4.84. The summed E-state index contributed by atoms with van der Waals surface area (Å²) in [5, 5.41) is 0. The summed E-state index contributed by atoms with van der Waals surface area (Å²) in [4.78, 5) is 0. The van der Waals surface area contributed by atoms with Crippen molar-refractivity contribution in [1.29, 1.82) is 0 Å². The van der Waals surface area contributed by atoms with Gasteiger partial charge < -0.3 is 10.5 Å². The molecule has 0 aliphatic carbocycles. The molecule has 0 amide bonds. The summed E-state index contributed by atoms with van der Waals surface area (Å²) in [6, 6.07) is 5.15. The van der Waals surface area contributed by atoms with E-state index in [0.29, 0.717) is 18.7 Å². The second-order valence-electron chi connectivity index (χ2n) is 3.70. The molecular weight excluding hydrogens is 181 g/mol. The van der Waals surface area contributed by atoms with Crippen molar-refractivity contribution < 1.29 is 9.13 Å². The number of nitrogens with two attached hydrogens (primary N) is 1. The molecule has 0 radical (unpaired) electrons. The van der Waals surface area contributed by atoms with E-state index in [-0.39, 0.29) is 17.8 Å². The van der Waals surface area contributed by atoms with Gasteiger partial charge in [0.05, 0.1) is 12.7 Å². The summed E-state index contributed by atoms with van der Waals surface area (Å²) in [6.45, 7) is 2.99. The highest BCUT2D eigenvalue weighted by atomic mass is 19.1. The molecule has 1 heterocycles. The second kappa shape index (κ2) is 3.67. The van der Waals surface area contributed by atoms with Crippen LogP contribution in [0.25, 0.3) is 0 Å². The summed E-state index contributed by atoms with van der Waals surface area (Å²) in [5.74, 6) is 0.0491. The molecule has 2 rings (SSSR count). The van der Waals surface area contributed by atoms with Crippen LogP contribution in [-0.4, -0.2) is 13.2 Å². The molecule has 0 aromatic heterocycles. The molecule has 76 valence electrons. The molecule has 0 unspecified atom stereocenters. The highest BCUT2D eigenvalue weighted by Gasteiger charge is 2.26. The van der Waals surface area contributed by atoms with E-state index in [9.17, 15) is 4.39 Å². The van der Waals surface area contributed by atoms with Crippen LogP contribution in [0.5, 0.6) is 0 Å². The van der Waals surface area contributed by atoms with Crippen molar-refractivity contribution in [3.63, 3.8) is 0 Å². The Bertz CT molecular complexity index is 340. The van der Waals surface area contributed by atoms with E-state index < -0.39 is 0 Å². The first kappa shape index (κ1) is 9.62. The predicted octanol–water partition coefficient (Wildman–Crippen LogP) is 1.96. The lowest BCUT2D eigenvalue weighted by molar-refractivity contribution is 0.0336. The van der Waals surface area contributed by atoms with E-state index in [1.54, 1.807) is 6.07 Å². The standard InChI is InChI=1S/C11H14FNO/c1-7-6-14-10(5-13)11-8(7)3-2-4-9(11)12/h2-4,7,10H,5-6,13H2,1H3/t7-,10-/m0/s1. The van der Waals surface area contributed by atoms with Gasteiger partial charge in [0.15, 0.2) is 0 Å². The number of hydrogen-bond acceptors (Lipinski definition) is 2. The average molecular weight is 195 g/mol. The topological polar surface area (TPSA) is 35.2 Å². The third-order valence-electron chi connectivity index (χ3n) is 2.70. The zero-order valence-corrected chi connectivity index (χ0v) is 8.16. The lowest BCUT2D eigenvalue weighted by Crippen LogP contribution is -2.26. The highest BCUT2D eigenvalue weighted by Crippen LogP contribution is 2.34. The molecule has 0 saturated carbocycles. The molecule has 2 nitrogen and oxygen atoms in total. The maximum Gasteiger partial charge on any atom is 0.129 e. The van der Waals surface area contributed by atoms with Gasteiger partial charge in [0, 0.05) is 18.0 Å². The summed E-state index contributed by atoms with van der Waals surface area (Å²) in [7, 11) is 0. The van der Waals surface area contributed by atoms with Crippen LogP contribution < -0.4 is 5.73 Å². The van der Waals surface area contributed by atoms with Gasteiger partial charge >= 0.3 is 0 Å². The zero-order chi connectivity index (χ0) is 10.1. The van der Waals surface area contributed by atoms with Crippen LogP contribution in [0.3, 0.4) is 0 Å². The third kappa shape index (κ3) is 1.42. The first-order chi connectivity index (χ1) is 6.74. The van der Waals surface area contributed by atoms with E-state index in [1.165, 1.54) is 6.07 Å². The summed E-state index contributed by atoms with van der Waals surface area (Å²) < 4.78 is 19.0. The fourth-order valence-electron chi connectivity index (χ4n) is 1.94. The Hall–Kier alpha value is -0.930. The molecule has 0 fully saturated rings. The monoisotopic (exact) mass is 195 g/mol. The normalized spacial score (nSPS) is 25.9. The average Bonchev–Trinajstić information content (AvgIpc) is 2.20. The van der Waals surface area contributed by atoms with Gasteiger partial charge in [-0.05, 0) is 11.6 Å². The first-order valence-electron chi connectivity index (χ1n) is 4.84. The van der Waals surface area contributed by atoms with Gasteiger partial charge in [-0.3, -0.25) is 0 Å². The minimum atomic E-state index is -0.276. The van der Waals surface area contributed by atoms with E-state index in [0.717, 1.165) is 5.56 Å². The van der Waals surface area contributed by atoms with E-state index in [2.05, 4.69) is 0 Å². The van der Waals surface area contributed by atoms with Crippen molar-refractivity contribution in [3.05, 3.63) is 35.1 Å². The Morgan fingerprint density at radius 1 is 1.57 bits per heavy atom. The summed E-state index contributed by atoms with van der Waals surface area (Å²) in [6.07, 6.45) is -0.276. The molecule has 2 N–H and O–H groups in total. The number of fused-ring (bicyclic) bond motifs is 1. The van der Waals surface area contributed by atoms with Crippen LogP contribution in [-0.2, 0) is 4.74 Å². The van der Waals surface area contributed by atoms with Crippen LogP contribution in [0.1, 0.15) is 30.1 Å². The fourth-order valence-corrected chi connectivity index (χ4v) is 1.94. The Labute approximate surface area is 82.9 Å². The Morgan fingerprint density at radius 2 is 2.36 bits per heavy atom. The molecule has 0 bridgehead atoms. The Kier molecular flexibility index (Phi) is 2.52. The number of hydrogen-bond donors (Lipinski definition) is 1. The van der Waals surface area contributed by atoms with Gasteiger partial charge in [0.1, 0.15) is 5.82 Å². The maximum atomic E-state index is 13.5. The smallest absolute Gasteiger partial charge is 0.129 e. The van der Waals surface area contributed by atoms with Crippen LogP contribution in [0.2, 0.25) is 0 Å². The predicted molar refractivity (Wildman–Crippen MR) is 52.6 cm³/mol. The van der Waals surface area contributed by atoms with Crippen LogP contribution in [0.15, 0.2) is 18.2 Å². The quantitative estimate of drug-likeness (QED) is 0.743. The van der Waals surface area contributed by atoms with Gasteiger partial charge in [-0.25, -0.2) is 4.39 Å². The molecule has 2 atom stereocenters. The zero-order valence-electron chi connectivity index (χ0n) is 8.16. The van der Waals surface area contributed by atoms with Crippen LogP contribution >= 0.6 is 0 Å². The van der Waals surface area contributed by atoms with Gasteiger partial charge in [-0.15, -0.1) is 0 Å². The third-order valence-corrected chi connectivity index (χ3v) is 2.70. The van der Waals surface area contributed by atoms with E-state index >= 15 is 0 Å². The molecule has 1 aromatic rings. The van der Waals surface area contributed by atoms with E-state index in [4.69, 9.17) is 10.5 Å². The molecule has 1 aliphatic rings. The molecule has 0 saturated heterocycles. The molecular formula is C11H14FNO. The van der Waals surface area contributed by atoms with Crippen LogP contribution in [0.4, 0.5) is 4.39 Å². The van der Waals surface area contributed by atoms with Crippen molar-refractivity contribution >= 4 is 0 Å². The van der Waals surface area contributed by atoms with Crippen LogP contribution in [0, 0.1) is 5.82 Å². The molecule has 14 heavy (non-hydrogen) atoms. The van der Waals surface area contributed by atoms with Crippen molar-refractivity contribution in [1.82, 2.24) is 0 Å². The van der Waals surface area contributed by atoms with Crippen molar-refractivity contribution in [2.45, 2.75) is 18.9 Å². The second-order valence-corrected chi connectivity index (χ2v) is 3.70. The van der Waals surface area contributed by atoms with E-state index in [1.807, 2.05) is 13.0 Å². The molecule has 3 heteroatoms. The van der Waals surface area contributed by atoms with Gasteiger partial charge in [0.2, 0.25) is 0 Å².